The van der Waals surface area contributed by atoms with Crippen LogP contribution < -0.4 is 9.62 Å². The molecule has 0 spiro atoms. The van der Waals surface area contributed by atoms with Gasteiger partial charge in [-0.05, 0) is 48.5 Å². The first-order valence-electron chi connectivity index (χ1n) is 9.55. The van der Waals surface area contributed by atoms with Gasteiger partial charge in [0.05, 0.1) is 13.2 Å². The molecule has 2 aromatic carbocycles. The highest BCUT2D eigenvalue weighted by atomic mass is 17.2. The summed E-state index contributed by atoms with van der Waals surface area (Å²) in [6, 6.07) is 12.8. The van der Waals surface area contributed by atoms with Crippen molar-refractivity contribution in [2.75, 3.05) is 39.5 Å². The molecule has 0 aliphatic carbocycles. The predicted molar refractivity (Wildman–Crippen MR) is 110 cm³/mol. The molecule has 0 fully saturated rings. The van der Waals surface area contributed by atoms with E-state index in [-0.39, 0.29) is 38.0 Å². The third kappa shape index (κ3) is 8.19. The Morgan fingerprint density at radius 3 is 1.94 bits per heavy atom. The molecular formula is C22H25NO8. The first-order valence-corrected chi connectivity index (χ1v) is 9.55. The van der Waals surface area contributed by atoms with E-state index in [2.05, 4.69) is 11.5 Å². The average molecular weight is 431 g/mol. The van der Waals surface area contributed by atoms with Gasteiger partial charge in [-0.2, -0.15) is 5.06 Å². The van der Waals surface area contributed by atoms with Crippen LogP contribution in [0.1, 0.15) is 15.9 Å². The van der Waals surface area contributed by atoms with Gasteiger partial charge in [0.15, 0.2) is 11.5 Å². The van der Waals surface area contributed by atoms with Crippen molar-refractivity contribution in [2.24, 2.45) is 0 Å². The summed E-state index contributed by atoms with van der Waals surface area (Å²) in [7, 11) is 0. The summed E-state index contributed by atoms with van der Waals surface area (Å²) < 4.78 is 5.57. The van der Waals surface area contributed by atoms with Gasteiger partial charge in [-0.15, -0.1) is 0 Å². The lowest BCUT2D eigenvalue weighted by molar-refractivity contribution is -0.207. The Kier molecular flexibility index (Phi) is 10.2. The highest BCUT2D eigenvalue weighted by Crippen LogP contribution is 2.18. The minimum absolute atomic E-state index is 0.0745. The zero-order chi connectivity index (χ0) is 22.5. The highest BCUT2D eigenvalue weighted by molar-refractivity contribution is 6.09. The predicted octanol–water partition coefficient (Wildman–Crippen LogP) is 1.54. The summed E-state index contributed by atoms with van der Waals surface area (Å²) in [6.07, 6.45) is 0.974. The Labute approximate surface area is 179 Å². The fourth-order valence-electron chi connectivity index (χ4n) is 2.44. The van der Waals surface area contributed by atoms with Crippen LogP contribution in [0.25, 0.3) is 0 Å². The van der Waals surface area contributed by atoms with Crippen LogP contribution in [-0.2, 0) is 14.5 Å². The molecule has 0 unspecified atom stereocenters. The number of aliphatic hydroxyl groups is 2. The molecule has 2 aromatic rings. The molecule has 2 N–H and O–H groups in total. The Morgan fingerprint density at radius 2 is 1.42 bits per heavy atom. The molecule has 0 heterocycles. The molecule has 0 bridgehead atoms. The van der Waals surface area contributed by atoms with Gasteiger partial charge in [-0.3, -0.25) is 14.5 Å². The lowest BCUT2D eigenvalue weighted by Gasteiger charge is -2.19. The molecule has 0 amide bonds. The van der Waals surface area contributed by atoms with E-state index < -0.39 is 5.97 Å². The van der Waals surface area contributed by atoms with Crippen LogP contribution in [0, 0.1) is 0 Å². The fraction of sp³-hybridized carbons (Fsp3) is 0.273. The summed E-state index contributed by atoms with van der Waals surface area (Å²) in [5.41, 5.74) is 0.921. The number of ketones is 1. The van der Waals surface area contributed by atoms with E-state index in [0.29, 0.717) is 30.0 Å². The molecule has 0 saturated carbocycles. The monoisotopic (exact) mass is 431 g/mol. The van der Waals surface area contributed by atoms with E-state index in [1.54, 1.807) is 36.4 Å². The first kappa shape index (κ1) is 24.0. The van der Waals surface area contributed by atoms with Crippen LogP contribution in [0.4, 0.5) is 0 Å². The van der Waals surface area contributed by atoms with E-state index in [9.17, 15) is 9.59 Å². The summed E-state index contributed by atoms with van der Waals surface area (Å²) in [6.45, 7) is 4.21. The normalized spacial score (nSPS) is 10.5. The number of hydroxylamine groups is 2. The van der Waals surface area contributed by atoms with E-state index in [1.165, 1.54) is 17.2 Å². The molecule has 0 saturated heterocycles. The Hall–Kier alpha value is -3.24. The van der Waals surface area contributed by atoms with Crippen molar-refractivity contribution >= 4 is 11.8 Å². The molecular weight excluding hydrogens is 406 g/mol. The largest absolute Gasteiger partial charge is 0.491 e. The second-order valence-electron chi connectivity index (χ2n) is 6.13. The van der Waals surface area contributed by atoms with E-state index >= 15 is 0 Å². The number of hydrogen-bond acceptors (Lipinski definition) is 9. The zero-order valence-corrected chi connectivity index (χ0v) is 16.9. The third-order valence-electron chi connectivity index (χ3n) is 3.94. The summed E-state index contributed by atoms with van der Waals surface area (Å²) in [4.78, 5) is 38.3. The van der Waals surface area contributed by atoms with Crippen LogP contribution >= 0.6 is 0 Å². The second-order valence-corrected chi connectivity index (χ2v) is 6.13. The number of benzene rings is 2. The summed E-state index contributed by atoms with van der Waals surface area (Å²) in [5.74, 6) is -0.0621. The molecule has 166 valence electrons. The number of aliphatic hydroxyl groups excluding tert-OH is 2. The molecule has 0 radical (unpaired) electrons. The highest BCUT2D eigenvalue weighted by Gasteiger charge is 2.10. The number of ether oxygens (including phenoxy) is 1. The van der Waals surface area contributed by atoms with Crippen molar-refractivity contribution in [3.05, 3.63) is 72.3 Å². The van der Waals surface area contributed by atoms with E-state index in [0.717, 1.165) is 6.08 Å². The third-order valence-corrected chi connectivity index (χ3v) is 3.94. The van der Waals surface area contributed by atoms with Crippen LogP contribution in [-0.4, -0.2) is 66.5 Å². The van der Waals surface area contributed by atoms with E-state index in [1.807, 2.05) is 0 Å². The summed E-state index contributed by atoms with van der Waals surface area (Å²) in [5, 5.41) is 19.3. The smallest absolute Gasteiger partial charge is 0.378 e. The van der Waals surface area contributed by atoms with Gasteiger partial charge in [0.2, 0.25) is 0 Å². The molecule has 0 aromatic heterocycles. The number of carbonyl (C=O) groups is 2. The van der Waals surface area contributed by atoms with Crippen LogP contribution in [0.2, 0.25) is 0 Å². The SMILES string of the molecule is C=CC(=O)OOc1ccc(C(=O)c2ccc(OCCON(CCO)CCO)cc2)cc1. The lowest BCUT2D eigenvalue weighted by atomic mass is 10.0. The van der Waals surface area contributed by atoms with Gasteiger partial charge >= 0.3 is 5.97 Å². The molecule has 9 heteroatoms. The molecule has 0 atom stereocenters. The maximum Gasteiger partial charge on any atom is 0.378 e. The van der Waals surface area contributed by atoms with Crippen LogP contribution in [0.15, 0.2) is 61.2 Å². The first-order chi connectivity index (χ1) is 15.1. The van der Waals surface area contributed by atoms with Gasteiger partial charge in [0.1, 0.15) is 19.0 Å². The molecule has 0 aliphatic rings. The molecule has 0 aliphatic heterocycles. The minimum atomic E-state index is -0.721. The Bertz CT molecular complexity index is 830. The molecule has 31 heavy (non-hydrogen) atoms. The van der Waals surface area contributed by atoms with Crippen molar-refractivity contribution in [3.63, 3.8) is 0 Å². The summed E-state index contributed by atoms with van der Waals surface area (Å²) >= 11 is 0. The molecule has 9 nitrogen and oxygen atoms in total. The molecule has 2 rings (SSSR count). The fourth-order valence-corrected chi connectivity index (χ4v) is 2.44. The average Bonchev–Trinajstić information content (AvgIpc) is 2.80. The van der Waals surface area contributed by atoms with Crippen molar-refractivity contribution in [1.82, 2.24) is 5.06 Å². The van der Waals surface area contributed by atoms with Crippen molar-refractivity contribution in [1.29, 1.82) is 0 Å². The second kappa shape index (κ2) is 13.1. The van der Waals surface area contributed by atoms with Crippen molar-refractivity contribution < 1.29 is 39.2 Å². The minimum Gasteiger partial charge on any atom is -0.491 e. The van der Waals surface area contributed by atoms with Gasteiger partial charge < -0.3 is 14.9 Å². The zero-order valence-electron chi connectivity index (χ0n) is 16.9. The van der Waals surface area contributed by atoms with E-state index in [4.69, 9.17) is 24.7 Å². The Morgan fingerprint density at radius 1 is 0.871 bits per heavy atom. The van der Waals surface area contributed by atoms with Crippen LogP contribution in [0.5, 0.6) is 11.5 Å². The maximum atomic E-state index is 12.6. The Balaban J connectivity index is 1.83. The van der Waals surface area contributed by atoms with Gasteiger partial charge in [-0.1, -0.05) is 6.58 Å². The number of rotatable bonds is 14. The van der Waals surface area contributed by atoms with Gasteiger partial charge in [0, 0.05) is 30.3 Å². The number of nitrogens with zero attached hydrogens (tertiary/aromatic N) is 1. The quantitative estimate of drug-likeness (QED) is 0.151. The van der Waals surface area contributed by atoms with Crippen molar-refractivity contribution in [2.45, 2.75) is 0 Å². The lowest BCUT2D eigenvalue weighted by Crippen LogP contribution is -2.31. The van der Waals surface area contributed by atoms with Gasteiger partial charge in [-0.25, -0.2) is 9.68 Å². The van der Waals surface area contributed by atoms with Crippen molar-refractivity contribution in [3.8, 4) is 11.5 Å². The maximum absolute atomic E-state index is 12.6. The van der Waals surface area contributed by atoms with Crippen LogP contribution in [0.3, 0.4) is 0 Å². The number of hydrogen-bond donors (Lipinski definition) is 2. The topological polar surface area (TPSA) is 115 Å². The standard InChI is InChI=1S/C22H25NO8/c1-2-21(26)31-30-20-9-5-18(6-10-20)22(27)17-3-7-19(8-4-17)28-15-16-29-23(11-13-24)12-14-25/h2-10,24-25H,1,11-16H2. The van der Waals surface area contributed by atoms with Gasteiger partial charge in [0.25, 0.3) is 0 Å². The number of carbonyl (C=O) groups excluding carboxylic acids is 2.